The fourth-order valence-electron chi connectivity index (χ4n) is 2.28. The zero-order chi connectivity index (χ0) is 12.3. The average Bonchev–Trinajstić information content (AvgIpc) is 2.74. The van der Waals surface area contributed by atoms with E-state index in [2.05, 4.69) is 4.90 Å². The van der Waals surface area contributed by atoms with E-state index in [0.29, 0.717) is 0 Å². The number of aromatic nitrogens is 1. The molecule has 0 radical (unpaired) electrons. The Bertz CT molecular complexity index is 356. The van der Waals surface area contributed by atoms with Crippen LogP contribution in [-0.2, 0) is 11.3 Å². The molecule has 2 N–H and O–H groups in total. The highest BCUT2D eigenvalue weighted by Gasteiger charge is 2.31. The van der Waals surface area contributed by atoms with Gasteiger partial charge in [-0.2, -0.15) is 0 Å². The van der Waals surface area contributed by atoms with Gasteiger partial charge >= 0.3 is 0 Å². The number of aliphatic hydroxyl groups excluding tert-OH is 1. The molecule has 1 saturated heterocycles. The van der Waals surface area contributed by atoms with Crippen LogP contribution in [0.4, 0.5) is 0 Å². The monoisotopic (exact) mass is 271 g/mol. The molecule has 1 aromatic heterocycles. The van der Waals surface area contributed by atoms with Gasteiger partial charge in [0.2, 0.25) is 12.4 Å². The Balaban J connectivity index is 0.00000162. The normalized spacial score (nSPS) is 22.6. The molecule has 5 nitrogen and oxygen atoms in total. The Labute approximate surface area is 116 Å². The first kappa shape index (κ1) is 17.8. The minimum Gasteiger partial charge on any atom is -0.395 e. The van der Waals surface area contributed by atoms with E-state index in [1.165, 1.54) is 0 Å². The number of hydrogen-bond donors (Lipinski definition) is 2. The summed E-state index contributed by atoms with van der Waals surface area (Å²) in [5.41, 5.74) is 1.12. The van der Waals surface area contributed by atoms with Crippen molar-refractivity contribution in [2.24, 2.45) is 0 Å². The summed E-state index contributed by atoms with van der Waals surface area (Å²) in [6.45, 7) is 1.77. The van der Waals surface area contributed by atoms with E-state index < -0.39 is 0 Å². The molecule has 2 rings (SSSR count). The van der Waals surface area contributed by atoms with Gasteiger partial charge in [-0.25, -0.2) is 0 Å². The van der Waals surface area contributed by atoms with Crippen molar-refractivity contribution in [3.05, 3.63) is 30.1 Å². The van der Waals surface area contributed by atoms with E-state index in [9.17, 15) is 5.11 Å². The van der Waals surface area contributed by atoms with Gasteiger partial charge in [0.05, 0.1) is 12.7 Å². The van der Waals surface area contributed by atoms with E-state index in [0.717, 1.165) is 29.8 Å². The molecular formula is C14H27N2O3+. The number of nitrogens with zero attached hydrogens (tertiary/aromatic N) is 2. The molecule has 5 heteroatoms. The van der Waals surface area contributed by atoms with Crippen molar-refractivity contribution in [1.82, 2.24) is 4.90 Å². The second-order valence-corrected chi connectivity index (χ2v) is 4.45. The number of rotatable bonds is 4. The Morgan fingerprint density at radius 3 is 2.53 bits per heavy atom. The second kappa shape index (κ2) is 8.09. The van der Waals surface area contributed by atoms with Crippen molar-refractivity contribution in [3.63, 3.8) is 0 Å². The average molecular weight is 271 g/mol. The van der Waals surface area contributed by atoms with Crippen LogP contribution in [0.15, 0.2) is 24.5 Å². The van der Waals surface area contributed by atoms with Crippen molar-refractivity contribution in [3.8, 4) is 0 Å². The maximum absolute atomic E-state index is 9.33. The van der Waals surface area contributed by atoms with Crippen LogP contribution in [0.3, 0.4) is 0 Å². The first-order valence-corrected chi connectivity index (χ1v) is 5.80. The van der Waals surface area contributed by atoms with Gasteiger partial charge in [-0.1, -0.05) is 14.9 Å². The van der Waals surface area contributed by atoms with Crippen molar-refractivity contribution in [1.29, 1.82) is 0 Å². The molecule has 1 aliphatic rings. The summed E-state index contributed by atoms with van der Waals surface area (Å²) in [7, 11) is 1.71. The van der Waals surface area contributed by atoms with Crippen molar-refractivity contribution >= 4 is 0 Å². The van der Waals surface area contributed by atoms with Crippen LogP contribution in [0.25, 0.3) is 0 Å². The molecule has 2 heterocycles. The van der Waals surface area contributed by atoms with Crippen LogP contribution < -0.4 is 4.73 Å². The highest BCUT2D eigenvalue weighted by Crippen LogP contribution is 2.21. The van der Waals surface area contributed by atoms with Gasteiger partial charge in [-0.15, -0.1) is 0 Å². The lowest BCUT2D eigenvalue weighted by molar-refractivity contribution is -0.904. The summed E-state index contributed by atoms with van der Waals surface area (Å²) in [6, 6.07) is 3.91. The molecule has 2 atom stereocenters. The molecule has 0 saturated carbocycles. The van der Waals surface area contributed by atoms with Gasteiger partial charge in [-0.05, 0) is 12.0 Å². The molecule has 0 aliphatic carbocycles. The van der Waals surface area contributed by atoms with Crippen LogP contribution >= 0.6 is 0 Å². The smallest absolute Gasteiger partial charge is 0.222 e. The van der Waals surface area contributed by atoms with Gasteiger partial charge in [0.1, 0.15) is 0 Å². The molecule has 1 fully saturated rings. The van der Waals surface area contributed by atoms with Crippen LogP contribution in [0.2, 0.25) is 0 Å². The van der Waals surface area contributed by atoms with E-state index in [1.807, 2.05) is 12.1 Å². The van der Waals surface area contributed by atoms with Crippen molar-refractivity contribution < 1.29 is 19.8 Å². The van der Waals surface area contributed by atoms with Crippen LogP contribution in [0.1, 0.15) is 26.8 Å². The third-order valence-corrected chi connectivity index (χ3v) is 3.30. The first-order chi connectivity index (χ1) is 8.22. The molecule has 1 aliphatic heterocycles. The number of likely N-dealkylation sites (tertiary alicyclic amines) is 1. The number of aliphatic hydroxyl groups is 1. The van der Waals surface area contributed by atoms with Crippen molar-refractivity contribution in [2.45, 2.75) is 40.0 Å². The van der Waals surface area contributed by atoms with E-state index in [4.69, 9.17) is 9.94 Å². The minimum atomic E-state index is 0. The van der Waals surface area contributed by atoms with Gasteiger partial charge in [0.15, 0.2) is 0 Å². The van der Waals surface area contributed by atoms with Crippen LogP contribution in [0, 0.1) is 0 Å². The van der Waals surface area contributed by atoms with Crippen molar-refractivity contribution in [2.75, 3.05) is 20.3 Å². The quantitative estimate of drug-likeness (QED) is 0.635. The van der Waals surface area contributed by atoms with E-state index in [1.54, 1.807) is 19.5 Å². The Hall–Kier alpha value is -1.17. The minimum absolute atomic E-state index is 0. The molecule has 1 aromatic rings. The fraction of sp³-hybridized carbons (Fsp3) is 0.643. The van der Waals surface area contributed by atoms with Crippen LogP contribution in [0.5, 0.6) is 0 Å². The molecule has 0 aromatic carbocycles. The maximum Gasteiger partial charge on any atom is 0.222 e. The third kappa shape index (κ3) is 4.45. The predicted octanol–water partition coefficient (Wildman–Crippen LogP) is 1.07. The highest BCUT2D eigenvalue weighted by atomic mass is 16.5. The maximum atomic E-state index is 9.33. The largest absolute Gasteiger partial charge is 0.395 e. The fourth-order valence-corrected chi connectivity index (χ4v) is 2.28. The zero-order valence-electron chi connectivity index (χ0n) is 9.99. The van der Waals surface area contributed by atoms with Gasteiger partial charge in [0, 0.05) is 43.1 Å². The molecule has 0 unspecified atom stereocenters. The molecular weight excluding hydrogens is 244 g/mol. The summed E-state index contributed by atoms with van der Waals surface area (Å²) < 4.78 is 6.36. The summed E-state index contributed by atoms with van der Waals surface area (Å²) in [5, 5.41) is 18.5. The summed E-state index contributed by atoms with van der Waals surface area (Å²) >= 11 is 0. The molecule has 110 valence electrons. The highest BCUT2D eigenvalue weighted by molar-refractivity contribution is 5.08. The van der Waals surface area contributed by atoms with E-state index in [-0.39, 0.29) is 33.6 Å². The lowest BCUT2D eigenvalue weighted by atomic mass is 10.2. The third-order valence-electron chi connectivity index (χ3n) is 3.30. The Morgan fingerprint density at radius 2 is 2.00 bits per heavy atom. The molecule has 0 spiro atoms. The predicted molar refractivity (Wildman–Crippen MR) is 74.0 cm³/mol. The summed E-state index contributed by atoms with van der Waals surface area (Å²) in [5.74, 6) is 0. The first-order valence-electron chi connectivity index (χ1n) is 5.80. The molecule has 0 bridgehead atoms. The van der Waals surface area contributed by atoms with E-state index >= 15 is 0 Å². The number of methoxy groups -OCH3 is 1. The standard InChI is InChI=1S/C12H19N2O3.2CH4/c1-17-12-6-11(9-15)13(8-12)7-10-2-4-14(16)5-3-10;;/h2-5,11-12,15-16H,6-9H2,1H3;2*1H4/q+1;;/t11-,12+;;/m0../s1. The van der Waals surface area contributed by atoms with Crippen LogP contribution in [-0.4, -0.2) is 47.6 Å². The number of hydrogen-bond acceptors (Lipinski definition) is 4. The Morgan fingerprint density at radius 1 is 1.37 bits per heavy atom. The SMILES string of the molecule is C.C.CO[C@@H]1C[C@@H](CO)N(Cc2cc[n+](O)cc2)C1. The molecule has 19 heavy (non-hydrogen) atoms. The topological polar surface area (TPSA) is 56.8 Å². The number of pyridine rings is 1. The Kier molecular flexibility index (Phi) is 7.59. The van der Waals surface area contributed by atoms with Gasteiger partial charge < -0.3 is 9.84 Å². The zero-order valence-corrected chi connectivity index (χ0v) is 9.99. The molecule has 0 amide bonds. The lowest BCUT2D eigenvalue weighted by Gasteiger charge is -2.21. The lowest BCUT2D eigenvalue weighted by Crippen LogP contribution is -2.33. The van der Waals surface area contributed by atoms with Gasteiger partial charge in [0.25, 0.3) is 0 Å². The number of ether oxygens (including phenoxy) is 1. The van der Waals surface area contributed by atoms with Gasteiger partial charge in [-0.3, -0.25) is 10.1 Å². The summed E-state index contributed by atoms with van der Waals surface area (Å²) in [6.07, 6.45) is 4.29. The summed E-state index contributed by atoms with van der Waals surface area (Å²) in [4.78, 5) is 2.21. The second-order valence-electron chi connectivity index (χ2n) is 4.45.